The average Bonchev–Trinajstić information content (AvgIpc) is 3.44. The summed E-state index contributed by atoms with van der Waals surface area (Å²) in [7, 11) is 1.65. The first-order chi connectivity index (χ1) is 18.2. The molecule has 1 aliphatic carbocycles. The van der Waals surface area contributed by atoms with Crippen LogP contribution in [0.2, 0.25) is 0 Å². The van der Waals surface area contributed by atoms with Gasteiger partial charge in [-0.05, 0) is 62.3 Å². The van der Waals surface area contributed by atoms with E-state index >= 15 is 0 Å². The second-order valence-corrected chi connectivity index (χ2v) is 11.4. The van der Waals surface area contributed by atoms with Crippen LogP contribution in [0.25, 0.3) is 0 Å². The van der Waals surface area contributed by atoms with Gasteiger partial charge in [-0.1, -0.05) is 52.0 Å². The highest BCUT2D eigenvalue weighted by Gasteiger charge is 2.34. The molecule has 3 atom stereocenters. The van der Waals surface area contributed by atoms with Crippen molar-refractivity contribution >= 4 is 17.8 Å². The van der Waals surface area contributed by atoms with Gasteiger partial charge in [0.1, 0.15) is 18.5 Å². The first kappa shape index (κ1) is 27.8. The molecule has 204 valence electrons. The van der Waals surface area contributed by atoms with Crippen molar-refractivity contribution in [1.29, 1.82) is 0 Å². The summed E-state index contributed by atoms with van der Waals surface area (Å²) in [5, 5.41) is 6.69. The van der Waals surface area contributed by atoms with Crippen molar-refractivity contribution in [2.75, 3.05) is 7.11 Å². The van der Waals surface area contributed by atoms with Crippen LogP contribution in [-0.4, -0.2) is 42.0 Å². The van der Waals surface area contributed by atoms with Crippen molar-refractivity contribution in [3.63, 3.8) is 0 Å². The Morgan fingerprint density at radius 3 is 2.39 bits per heavy atom. The quantitative estimate of drug-likeness (QED) is 0.327. The number of carbonyl (C=O) groups excluding carboxylic acids is 2. The Kier molecular flexibility index (Phi) is 8.56. The molecule has 0 amide bonds. The van der Waals surface area contributed by atoms with E-state index in [0.717, 1.165) is 48.1 Å². The summed E-state index contributed by atoms with van der Waals surface area (Å²) >= 11 is 0. The molecule has 1 heterocycles. The zero-order valence-electron chi connectivity index (χ0n) is 23.3. The van der Waals surface area contributed by atoms with Gasteiger partial charge >= 0.3 is 0 Å². The molecule has 4 rings (SSSR count). The number of hydrogen-bond donors (Lipinski definition) is 1. The van der Waals surface area contributed by atoms with Crippen molar-refractivity contribution in [3.05, 3.63) is 59.2 Å². The Bertz CT molecular complexity index is 1160. The van der Waals surface area contributed by atoms with E-state index in [-0.39, 0.29) is 17.8 Å². The van der Waals surface area contributed by atoms with Crippen LogP contribution >= 0.6 is 0 Å². The molecule has 2 N–H and O–H groups in total. The molecule has 2 aliphatic rings. The number of rotatable bonds is 9. The van der Waals surface area contributed by atoms with Gasteiger partial charge in [-0.25, -0.2) is 0 Å². The Balaban J connectivity index is 1.66. The Morgan fingerprint density at radius 2 is 1.82 bits per heavy atom. The van der Waals surface area contributed by atoms with Crippen LogP contribution in [0.3, 0.4) is 0 Å². The number of ketones is 1. The largest absolute Gasteiger partial charge is 0.493 e. The molecule has 1 fully saturated rings. The number of nitrogens with two attached hydrogens (primary N) is 1. The number of nitrogens with zero attached hydrogens (tertiary/aromatic N) is 2. The van der Waals surface area contributed by atoms with Crippen LogP contribution in [0.4, 0.5) is 0 Å². The summed E-state index contributed by atoms with van der Waals surface area (Å²) in [6.07, 6.45) is 6.44. The third-order valence-electron chi connectivity index (χ3n) is 7.66. The maximum atomic E-state index is 12.7. The minimum atomic E-state index is -0.635. The molecule has 1 aliphatic heterocycles. The number of hydrogen-bond acceptors (Lipinski definition) is 7. The molecule has 0 radical (unpaired) electrons. The van der Waals surface area contributed by atoms with Gasteiger partial charge in [0.05, 0.1) is 18.9 Å². The van der Waals surface area contributed by atoms with Gasteiger partial charge in [0.2, 0.25) is 0 Å². The Morgan fingerprint density at radius 1 is 1.13 bits per heavy atom. The highest BCUT2D eigenvalue weighted by molar-refractivity contribution is 6.03. The minimum Gasteiger partial charge on any atom is -0.493 e. The monoisotopic (exact) mass is 519 g/mol. The van der Waals surface area contributed by atoms with Crippen molar-refractivity contribution in [3.8, 4) is 11.5 Å². The van der Waals surface area contributed by atoms with Crippen molar-refractivity contribution in [2.24, 2.45) is 22.2 Å². The van der Waals surface area contributed by atoms with Gasteiger partial charge < -0.3 is 20.0 Å². The average molecular weight is 520 g/mol. The summed E-state index contributed by atoms with van der Waals surface area (Å²) in [6, 6.07) is 12.8. The lowest BCUT2D eigenvalue weighted by molar-refractivity contribution is -0.114. The first-order valence-corrected chi connectivity index (χ1v) is 13.7. The Labute approximate surface area is 226 Å². The zero-order chi connectivity index (χ0) is 27.4. The maximum absolute atomic E-state index is 12.7. The fourth-order valence-electron chi connectivity index (χ4n) is 5.36. The van der Waals surface area contributed by atoms with Crippen LogP contribution < -0.4 is 15.2 Å². The number of carbonyl (C=O) groups is 2. The van der Waals surface area contributed by atoms with Crippen molar-refractivity contribution in [2.45, 2.75) is 84.5 Å². The van der Waals surface area contributed by atoms with Crippen LogP contribution in [-0.2, 0) is 4.79 Å². The molecular weight excluding hydrogens is 478 g/mol. The summed E-state index contributed by atoms with van der Waals surface area (Å²) in [5.74, 6) is 1.60. The first-order valence-electron chi connectivity index (χ1n) is 13.7. The zero-order valence-corrected chi connectivity index (χ0v) is 23.3. The van der Waals surface area contributed by atoms with Crippen molar-refractivity contribution in [1.82, 2.24) is 5.01 Å². The number of hydrazone groups is 1. The van der Waals surface area contributed by atoms with E-state index in [4.69, 9.17) is 20.3 Å². The Hall–Kier alpha value is -3.19. The lowest BCUT2D eigenvalue weighted by atomic mass is 9.86. The van der Waals surface area contributed by atoms with Crippen molar-refractivity contribution < 1.29 is 19.1 Å². The van der Waals surface area contributed by atoms with E-state index in [0.29, 0.717) is 17.7 Å². The molecule has 7 nitrogen and oxygen atoms in total. The predicted molar refractivity (Wildman–Crippen MR) is 150 cm³/mol. The molecule has 3 unspecified atom stereocenters. The van der Waals surface area contributed by atoms with E-state index in [1.807, 2.05) is 51.1 Å². The number of Topliss-reactive ketones (excluding diaryl/α,β-unsaturated/α-hetero) is 1. The van der Waals surface area contributed by atoms with Gasteiger partial charge in [0.15, 0.2) is 17.3 Å². The highest BCUT2D eigenvalue weighted by atomic mass is 16.5. The van der Waals surface area contributed by atoms with Crippen LogP contribution in [0.15, 0.2) is 47.6 Å². The second-order valence-electron chi connectivity index (χ2n) is 11.4. The van der Waals surface area contributed by atoms with E-state index in [1.54, 1.807) is 24.3 Å². The molecule has 38 heavy (non-hydrogen) atoms. The summed E-state index contributed by atoms with van der Waals surface area (Å²) in [4.78, 5) is 24.8. The van der Waals surface area contributed by atoms with Crippen LogP contribution in [0.1, 0.15) is 93.9 Å². The molecule has 0 saturated heterocycles. The van der Waals surface area contributed by atoms with Gasteiger partial charge in [0, 0.05) is 22.5 Å². The predicted octanol–water partition coefficient (Wildman–Crippen LogP) is 5.91. The molecule has 0 aromatic heterocycles. The molecular formula is C31H41N3O4. The number of benzene rings is 2. The summed E-state index contributed by atoms with van der Waals surface area (Å²) in [5.41, 5.74) is 9.49. The van der Waals surface area contributed by atoms with Gasteiger partial charge in [-0.2, -0.15) is 5.10 Å². The number of aldehydes is 1. The highest BCUT2D eigenvalue weighted by Crippen LogP contribution is 2.36. The van der Waals surface area contributed by atoms with Crippen LogP contribution in [0, 0.1) is 11.3 Å². The van der Waals surface area contributed by atoms with Gasteiger partial charge in [-0.3, -0.25) is 9.80 Å². The molecule has 2 aromatic carbocycles. The van der Waals surface area contributed by atoms with Gasteiger partial charge in [-0.15, -0.1) is 0 Å². The standard InChI is InChI=1S/C31H41N3O4/c1-6-20-17-24(19-35)34(30(32)22-13-11-21(12-14-22)29(36)31(2,3)4)33-28(20)23-15-16-26(37-5)27(18-23)38-25-9-7-8-10-25/h11-16,18-20,24-25,30H,6-10,17,32H2,1-5H3. The molecule has 0 bridgehead atoms. The SMILES string of the molecule is CCC1CC(C=O)N(C(N)c2ccc(C(=O)C(C)(C)C)cc2)N=C1c1ccc(OC)c(OC2CCCC2)c1. The molecule has 2 aromatic rings. The minimum absolute atomic E-state index is 0.0718. The lowest BCUT2D eigenvalue weighted by Gasteiger charge is -2.38. The van der Waals surface area contributed by atoms with E-state index in [9.17, 15) is 9.59 Å². The molecule has 0 spiro atoms. The molecule has 1 saturated carbocycles. The van der Waals surface area contributed by atoms with Gasteiger partial charge in [0.25, 0.3) is 0 Å². The number of methoxy groups -OCH3 is 1. The third kappa shape index (κ3) is 5.93. The fourth-order valence-corrected chi connectivity index (χ4v) is 5.36. The topological polar surface area (TPSA) is 94.2 Å². The van der Waals surface area contributed by atoms with E-state index in [1.165, 1.54) is 12.8 Å². The second kappa shape index (κ2) is 11.7. The maximum Gasteiger partial charge on any atom is 0.168 e. The van der Waals surface area contributed by atoms with Crippen LogP contribution in [0.5, 0.6) is 11.5 Å². The lowest BCUT2D eigenvalue weighted by Crippen LogP contribution is -2.46. The third-order valence-corrected chi connectivity index (χ3v) is 7.66. The summed E-state index contributed by atoms with van der Waals surface area (Å²) < 4.78 is 11.9. The number of ether oxygens (including phenoxy) is 2. The summed E-state index contributed by atoms with van der Waals surface area (Å²) in [6.45, 7) is 7.82. The van der Waals surface area contributed by atoms with E-state index in [2.05, 4.69) is 6.92 Å². The molecule has 7 heteroatoms. The fraction of sp³-hybridized carbons (Fsp3) is 0.516. The smallest absolute Gasteiger partial charge is 0.168 e. The normalized spacial score (nSPS) is 21.1. The van der Waals surface area contributed by atoms with E-state index < -0.39 is 17.6 Å².